The second kappa shape index (κ2) is 6.36. The summed E-state index contributed by atoms with van der Waals surface area (Å²) in [5.41, 5.74) is 1.61. The van der Waals surface area contributed by atoms with Crippen molar-refractivity contribution in [3.63, 3.8) is 0 Å². The molecule has 19 heavy (non-hydrogen) atoms. The molecular weight excluding hydrogens is 264 g/mol. The highest BCUT2D eigenvalue weighted by Crippen LogP contribution is 2.18. The summed E-state index contributed by atoms with van der Waals surface area (Å²) in [4.78, 5) is 0. The lowest BCUT2D eigenvalue weighted by Gasteiger charge is -2.17. The van der Waals surface area contributed by atoms with Gasteiger partial charge in [0.1, 0.15) is 0 Å². The molecule has 0 spiro atoms. The maximum atomic E-state index is 12.1. The summed E-state index contributed by atoms with van der Waals surface area (Å²) >= 11 is 0. The first-order chi connectivity index (χ1) is 9.12. The van der Waals surface area contributed by atoms with Crippen LogP contribution in [0, 0.1) is 0 Å². The van der Waals surface area contributed by atoms with Gasteiger partial charge in [0.05, 0.1) is 5.69 Å². The van der Waals surface area contributed by atoms with Gasteiger partial charge in [-0.05, 0) is 43.4 Å². The zero-order valence-electron chi connectivity index (χ0n) is 10.9. The average Bonchev–Trinajstić information content (AvgIpc) is 2.91. The van der Waals surface area contributed by atoms with Crippen LogP contribution in [0.15, 0.2) is 24.3 Å². The van der Waals surface area contributed by atoms with Gasteiger partial charge in [-0.1, -0.05) is 12.1 Å². The van der Waals surface area contributed by atoms with Crippen molar-refractivity contribution >= 4 is 15.9 Å². The van der Waals surface area contributed by atoms with E-state index in [2.05, 4.69) is 4.72 Å². The van der Waals surface area contributed by atoms with E-state index in [1.165, 1.54) is 4.31 Å². The molecule has 0 radical (unpaired) electrons. The first kappa shape index (κ1) is 14.3. The van der Waals surface area contributed by atoms with E-state index in [0.717, 1.165) is 24.8 Å². The number of nitrogens with zero attached hydrogens (tertiary/aromatic N) is 1. The molecule has 0 aromatic heterocycles. The summed E-state index contributed by atoms with van der Waals surface area (Å²) in [6, 6.07) is 7.33. The Labute approximate surface area is 114 Å². The fourth-order valence-electron chi connectivity index (χ4n) is 2.22. The molecular formula is C13H20N2O3S. The van der Waals surface area contributed by atoms with Crippen molar-refractivity contribution in [2.24, 2.45) is 0 Å². The van der Waals surface area contributed by atoms with Gasteiger partial charge >= 0.3 is 10.2 Å². The minimum Gasteiger partial charge on any atom is -0.396 e. The molecule has 0 amide bonds. The first-order valence-electron chi connectivity index (χ1n) is 6.59. The van der Waals surface area contributed by atoms with Crippen molar-refractivity contribution in [2.75, 3.05) is 24.4 Å². The molecule has 0 aliphatic carbocycles. The number of nitrogens with one attached hydrogen (secondary N) is 1. The molecule has 1 aromatic rings. The van der Waals surface area contributed by atoms with Gasteiger partial charge in [-0.2, -0.15) is 12.7 Å². The van der Waals surface area contributed by atoms with Crippen LogP contribution in [-0.4, -0.2) is 37.5 Å². The van der Waals surface area contributed by atoms with Crippen molar-refractivity contribution in [2.45, 2.75) is 25.7 Å². The van der Waals surface area contributed by atoms with Gasteiger partial charge in [-0.3, -0.25) is 4.72 Å². The van der Waals surface area contributed by atoms with E-state index in [9.17, 15) is 8.42 Å². The minimum absolute atomic E-state index is 0.143. The third-order valence-electron chi connectivity index (χ3n) is 3.20. The van der Waals surface area contributed by atoms with Crippen molar-refractivity contribution < 1.29 is 13.5 Å². The summed E-state index contributed by atoms with van der Waals surface area (Å²) in [7, 11) is -3.42. The van der Waals surface area contributed by atoms with Crippen LogP contribution in [-0.2, 0) is 16.6 Å². The fraction of sp³-hybridized carbons (Fsp3) is 0.538. The van der Waals surface area contributed by atoms with Crippen molar-refractivity contribution in [3.8, 4) is 0 Å². The van der Waals surface area contributed by atoms with Crippen LogP contribution in [0.3, 0.4) is 0 Å². The molecule has 1 fully saturated rings. The Morgan fingerprint density at radius 3 is 2.68 bits per heavy atom. The Hall–Kier alpha value is -1.11. The number of anilines is 1. The van der Waals surface area contributed by atoms with E-state index < -0.39 is 10.2 Å². The number of aliphatic hydroxyl groups excluding tert-OH is 1. The molecule has 1 saturated heterocycles. The SMILES string of the molecule is O=S(=O)(Nc1cccc(CCCO)c1)N1CCCC1. The number of aliphatic hydroxyl groups is 1. The molecule has 5 nitrogen and oxygen atoms in total. The second-order valence-electron chi connectivity index (χ2n) is 4.74. The first-order valence-corrected chi connectivity index (χ1v) is 8.03. The van der Waals surface area contributed by atoms with Crippen LogP contribution in [0.1, 0.15) is 24.8 Å². The number of hydrogen-bond donors (Lipinski definition) is 2. The summed E-state index contributed by atoms with van der Waals surface area (Å²) < 4.78 is 28.3. The molecule has 2 N–H and O–H groups in total. The van der Waals surface area contributed by atoms with Gasteiger partial charge in [0, 0.05) is 19.7 Å². The van der Waals surface area contributed by atoms with E-state index >= 15 is 0 Å². The maximum Gasteiger partial charge on any atom is 0.301 e. The fourth-order valence-corrected chi connectivity index (χ4v) is 3.51. The lowest BCUT2D eigenvalue weighted by atomic mass is 10.1. The Balaban J connectivity index is 2.05. The minimum atomic E-state index is -3.42. The smallest absolute Gasteiger partial charge is 0.301 e. The van der Waals surface area contributed by atoms with E-state index in [1.807, 2.05) is 18.2 Å². The Morgan fingerprint density at radius 2 is 2.00 bits per heavy atom. The molecule has 106 valence electrons. The largest absolute Gasteiger partial charge is 0.396 e. The molecule has 0 saturated carbocycles. The van der Waals surface area contributed by atoms with Gasteiger partial charge in [0.25, 0.3) is 0 Å². The van der Waals surface area contributed by atoms with Gasteiger partial charge in [0.15, 0.2) is 0 Å². The number of aryl methyl sites for hydroxylation is 1. The summed E-state index contributed by atoms with van der Waals surface area (Å²) in [6.45, 7) is 1.34. The Morgan fingerprint density at radius 1 is 1.26 bits per heavy atom. The molecule has 0 bridgehead atoms. The normalized spacial score (nSPS) is 16.7. The zero-order valence-corrected chi connectivity index (χ0v) is 11.7. The predicted octanol–water partition coefficient (Wildman–Crippen LogP) is 1.36. The summed E-state index contributed by atoms with van der Waals surface area (Å²) in [6.07, 6.45) is 3.28. The van der Waals surface area contributed by atoms with Crippen molar-refractivity contribution in [3.05, 3.63) is 29.8 Å². The third-order valence-corrected chi connectivity index (χ3v) is 4.74. The van der Waals surface area contributed by atoms with Crippen molar-refractivity contribution in [1.82, 2.24) is 4.31 Å². The zero-order chi connectivity index (χ0) is 13.7. The highest BCUT2D eigenvalue weighted by molar-refractivity contribution is 7.90. The molecule has 1 aromatic carbocycles. The summed E-state index contributed by atoms with van der Waals surface area (Å²) in [5, 5.41) is 8.81. The van der Waals surface area contributed by atoms with E-state index in [4.69, 9.17) is 5.11 Å². The Bertz CT molecular complexity index is 510. The molecule has 6 heteroatoms. The van der Waals surface area contributed by atoms with Crippen molar-refractivity contribution in [1.29, 1.82) is 0 Å². The molecule has 0 atom stereocenters. The molecule has 0 unspecified atom stereocenters. The van der Waals surface area contributed by atoms with Gasteiger partial charge < -0.3 is 5.11 Å². The lowest BCUT2D eigenvalue weighted by Crippen LogP contribution is -2.33. The lowest BCUT2D eigenvalue weighted by molar-refractivity contribution is 0.288. The van der Waals surface area contributed by atoms with Gasteiger partial charge in [-0.25, -0.2) is 0 Å². The van der Waals surface area contributed by atoms with Crippen LogP contribution in [0.2, 0.25) is 0 Å². The van der Waals surface area contributed by atoms with E-state index in [1.54, 1.807) is 6.07 Å². The number of hydrogen-bond acceptors (Lipinski definition) is 3. The van der Waals surface area contributed by atoms with Crippen LogP contribution >= 0.6 is 0 Å². The summed E-state index contributed by atoms with van der Waals surface area (Å²) in [5.74, 6) is 0. The second-order valence-corrected chi connectivity index (χ2v) is 6.41. The topological polar surface area (TPSA) is 69.6 Å². The monoisotopic (exact) mass is 284 g/mol. The number of benzene rings is 1. The standard InChI is InChI=1S/C13H20N2O3S/c16-10-4-6-12-5-3-7-13(11-12)14-19(17,18)15-8-1-2-9-15/h3,5,7,11,14,16H,1-2,4,6,8-10H2. The van der Waals surface area contributed by atoms with Crippen LogP contribution < -0.4 is 4.72 Å². The van der Waals surface area contributed by atoms with Crippen LogP contribution in [0.4, 0.5) is 5.69 Å². The third kappa shape index (κ3) is 3.92. The van der Waals surface area contributed by atoms with Crippen LogP contribution in [0.25, 0.3) is 0 Å². The van der Waals surface area contributed by atoms with Gasteiger partial charge in [0.2, 0.25) is 0 Å². The van der Waals surface area contributed by atoms with E-state index in [0.29, 0.717) is 25.2 Å². The molecule has 2 rings (SSSR count). The highest BCUT2D eigenvalue weighted by Gasteiger charge is 2.24. The average molecular weight is 284 g/mol. The molecule has 1 aliphatic rings. The Kier molecular flexibility index (Phi) is 4.79. The quantitative estimate of drug-likeness (QED) is 0.829. The molecule has 1 heterocycles. The predicted molar refractivity (Wildman–Crippen MR) is 75.2 cm³/mol. The highest BCUT2D eigenvalue weighted by atomic mass is 32.2. The van der Waals surface area contributed by atoms with Crippen LogP contribution in [0.5, 0.6) is 0 Å². The molecule has 1 aliphatic heterocycles. The van der Waals surface area contributed by atoms with E-state index in [-0.39, 0.29) is 6.61 Å². The van der Waals surface area contributed by atoms with Gasteiger partial charge in [-0.15, -0.1) is 0 Å². The number of rotatable bonds is 6. The maximum absolute atomic E-state index is 12.1.